The van der Waals surface area contributed by atoms with Crippen LogP contribution in [0, 0.1) is 11.8 Å². The lowest BCUT2D eigenvalue weighted by molar-refractivity contribution is -0.0328. The summed E-state index contributed by atoms with van der Waals surface area (Å²) in [5.74, 6) is 1.36. The summed E-state index contributed by atoms with van der Waals surface area (Å²) in [5, 5.41) is 3.51. The summed E-state index contributed by atoms with van der Waals surface area (Å²) in [5.41, 5.74) is -4.06. The van der Waals surface area contributed by atoms with Gasteiger partial charge in [-0.15, -0.1) is 0 Å². The van der Waals surface area contributed by atoms with Gasteiger partial charge in [-0.25, -0.2) is 0 Å². The smallest absolute Gasteiger partial charge is 0.314 e. The molecule has 5 heteroatoms. The molecule has 0 amide bonds. The zero-order valence-corrected chi connectivity index (χ0v) is 10.7. The van der Waals surface area contributed by atoms with E-state index in [0.717, 1.165) is 19.4 Å². The molecule has 0 saturated heterocycles. The molecule has 2 rings (SSSR count). The molecule has 0 aromatic heterocycles. The van der Waals surface area contributed by atoms with E-state index in [0.29, 0.717) is 17.9 Å². The minimum atomic E-state index is -4.06. The van der Waals surface area contributed by atoms with E-state index in [1.54, 1.807) is 0 Å². The highest BCUT2D eigenvalue weighted by Crippen LogP contribution is 2.37. The molecule has 0 heterocycles. The molecule has 0 spiro atoms. The number of rotatable bonds is 6. The van der Waals surface area contributed by atoms with Crippen LogP contribution in [0.25, 0.3) is 0 Å². The Morgan fingerprint density at radius 3 is 2.41 bits per heavy atom. The zero-order valence-electron chi connectivity index (χ0n) is 9.93. The number of hydrogen-bond acceptors (Lipinski definition) is 2. The van der Waals surface area contributed by atoms with Crippen LogP contribution in [0.3, 0.4) is 0 Å². The fourth-order valence-electron chi connectivity index (χ4n) is 2.69. The predicted octanol–water partition coefficient (Wildman–Crippen LogP) is 3.80. The molecule has 2 aliphatic rings. The van der Waals surface area contributed by atoms with Crippen LogP contribution in [0.2, 0.25) is 0 Å². The Labute approximate surface area is 105 Å². The molecule has 0 bridgehead atoms. The van der Waals surface area contributed by atoms with Crippen molar-refractivity contribution in [1.29, 1.82) is 0 Å². The Morgan fingerprint density at radius 1 is 1.06 bits per heavy atom. The summed E-state index contributed by atoms with van der Waals surface area (Å²) in [7, 11) is 0. The van der Waals surface area contributed by atoms with Crippen molar-refractivity contribution in [3.8, 4) is 0 Å². The topological polar surface area (TPSA) is 12.0 Å². The normalized spacial score (nSPS) is 29.8. The van der Waals surface area contributed by atoms with Gasteiger partial charge in [0.25, 0.3) is 0 Å². The summed E-state index contributed by atoms with van der Waals surface area (Å²) < 4.78 is 36.1. The number of halogens is 3. The molecule has 0 aromatic carbocycles. The van der Waals surface area contributed by atoms with Gasteiger partial charge in [-0.1, -0.05) is 24.6 Å². The van der Waals surface area contributed by atoms with Gasteiger partial charge in [0, 0.05) is 11.8 Å². The quantitative estimate of drug-likeness (QED) is 0.785. The zero-order chi connectivity index (χ0) is 12.3. The molecule has 2 fully saturated rings. The third kappa shape index (κ3) is 5.08. The van der Waals surface area contributed by atoms with Crippen molar-refractivity contribution in [2.24, 2.45) is 11.8 Å². The Balaban J connectivity index is 1.63. The molecule has 2 atom stereocenters. The van der Waals surface area contributed by atoms with E-state index in [-0.39, 0.29) is 17.5 Å². The molecule has 0 aromatic rings. The van der Waals surface area contributed by atoms with Crippen LogP contribution in [0.5, 0.6) is 0 Å². The van der Waals surface area contributed by atoms with Crippen molar-refractivity contribution in [2.45, 2.75) is 50.1 Å². The van der Waals surface area contributed by atoms with Gasteiger partial charge in [0.15, 0.2) is 0 Å². The van der Waals surface area contributed by atoms with Crippen molar-refractivity contribution >= 4 is 11.8 Å². The van der Waals surface area contributed by atoms with Crippen molar-refractivity contribution in [3.05, 3.63) is 0 Å². The largest absolute Gasteiger partial charge is 0.441 e. The molecular weight excluding hydrogens is 247 g/mol. The first-order valence-electron chi connectivity index (χ1n) is 6.48. The summed E-state index contributed by atoms with van der Waals surface area (Å²) >= 11 is 0.139. The average molecular weight is 267 g/mol. The van der Waals surface area contributed by atoms with Gasteiger partial charge in [0.2, 0.25) is 0 Å². The maximum atomic E-state index is 12.0. The SMILES string of the molecule is FC(F)(F)SCCC1CCCC1CNC1CC1. The highest BCUT2D eigenvalue weighted by Gasteiger charge is 2.32. The van der Waals surface area contributed by atoms with Crippen molar-refractivity contribution < 1.29 is 13.2 Å². The van der Waals surface area contributed by atoms with Crippen molar-refractivity contribution in [1.82, 2.24) is 5.32 Å². The molecule has 0 radical (unpaired) electrons. The Kier molecular flexibility index (Phi) is 4.64. The third-order valence-electron chi connectivity index (χ3n) is 3.82. The summed E-state index contributed by atoms with van der Waals surface area (Å²) in [4.78, 5) is 0. The lowest BCUT2D eigenvalue weighted by Crippen LogP contribution is -2.27. The van der Waals surface area contributed by atoms with Crippen LogP contribution in [0.1, 0.15) is 38.5 Å². The fraction of sp³-hybridized carbons (Fsp3) is 1.00. The standard InChI is InChI=1S/C12H20F3NS/c13-12(14,15)17-7-6-9-2-1-3-10(9)8-16-11-4-5-11/h9-11,16H,1-8H2. The predicted molar refractivity (Wildman–Crippen MR) is 65.0 cm³/mol. The van der Waals surface area contributed by atoms with Crippen LogP contribution < -0.4 is 5.32 Å². The lowest BCUT2D eigenvalue weighted by Gasteiger charge is -2.20. The minimum Gasteiger partial charge on any atom is -0.314 e. The van der Waals surface area contributed by atoms with E-state index in [1.165, 1.54) is 25.7 Å². The lowest BCUT2D eigenvalue weighted by atomic mass is 9.93. The summed E-state index contributed by atoms with van der Waals surface area (Å²) in [6.45, 7) is 1.02. The van der Waals surface area contributed by atoms with Crippen LogP contribution in [0.4, 0.5) is 13.2 Å². The van der Waals surface area contributed by atoms with Crippen LogP contribution >= 0.6 is 11.8 Å². The van der Waals surface area contributed by atoms with Crippen LogP contribution in [-0.4, -0.2) is 23.8 Å². The van der Waals surface area contributed by atoms with Gasteiger partial charge in [0.05, 0.1) is 0 Å². The van der Waals surface area contributed by atoms with Crippen molar-refractivity contribution in [3.63, 3.8) is 0 Å². The van der Waals surface area contributed by atoms with E-state index >= 15 is 0 Å². The molecule has 2 unspecified atom stereocenters. The second kappa shape index (κ2) is 5.83. The Hall–Kier alpha value is 0.1000. The van der Waals surface area contributed by atoms with E-state index in [4.69, 9.17) is 0 Å². The first kappa shape index (κ1) is 13.5. The van der Waals surface area contributed by atoms with Gasteiger partial charge in [-0.2, -0.15) is 13.2 Å². The van der Waals surface area contributed by atoms with Gasteiger partial charge >= 0.3 is 5.51 Å². The Morgan fingerprint density at radius 2 is 1.76 bits per heavy atom. The van der Waals surface area contributed by atoms with Gasteiger partial charge in [-0.05, 0) is 44.1 Å². The molecule has 1 nitrogen and oxygen atoms in total. The minimum absolute atomic E-state index is 0.139. The molecule has 1 N–H and O–H groups in total. The second-order valence-electron chi connectivity index (χ2n) is 5.22. The average Bonchev–Trinajstić information content (AvgIpc) is 2.95. The molecule has 2 aliphatic carbocycles. The van der Waals surface area contributed by atoms with Gasteiger partial charge in [0.1, 0.15) is 0 Å². The first-order valence-corrected chi connectivity index (χ1v) is 7.47. The molecule has 100 valence electrons. The third-order valence-corrected chi connectivity index (χ3v) is 4.58. The molecular formula is C12H20F3NS. The van der Waals surface area contributed by atoms with Gasteiger partial charge < -0.3 is 5.32 Å². The highest BCUT2D eigenvalue weighted by molar-refractivity contribution is 8.00. The monoisotopic (exact) mass is 267 g/mol. The highest BCUT2D eigenvalue weighted by atomic mass is 32.2. The van der Waals surface area contributed by atoms with Crippen LogP contribution in [-0.2, 0) is 0 Å². The molecule has 2 saturated carbocycles. The fourth-order valence-corrected chi connectivity index (χ4v) is 3.35. The molecule has 0 aliphatic heterocycles. The number of alkyl halides is 3. The van der Waals surface area contributed by atoms with Crippen LogP contribution in [0.15, 0.2) is 0 Å². The van der Waals surface area contributed by atoms with E-state index in [9.17, 15) is 13.2 Å². The summed E-state index contributed by atoms with van der Waals surface area (Å²) in [6, 6.07) is 0.709. The van der Waals surface area contributed by atoms with Crippen molar-refractivity contribution in [2.75, 3.05) is 12.3 Å². The molecule has 17 heavy (non-hydrogen) atoms. The maximum absolute atomic E-state index is 12.0. The first-order chi connectivity index (χ1) is 8.04. The summed E-state index contributed by atoms with van der Waals surface area (Å²) in [6.07, 6.45) is 6.79. The van der Waals surface area contributed by atoms with E-state index in [1.807, 2.05) is 0 Å². The Bertz CT molecular complexity index is 240. The van der Waals surface area contributed by atoms with E-state index in [2.05, 4.69) is 5.32 Å². The number of nitrogens with one attached hydrogen (secondary N) is 1. The maximum Gasteiger partial charge on any atom is 0.441 e. The number of hydrogen-bond donors (Lipinski definition) is 1. The van der Waals surface area contributed by atoms with E-state index < -0.39 is 5.51 Å². The van der Waals surface area contributed by atoms with Gasteiger partial charge in [-0.3, -0.25) is 0 Å². The second-order valence-corrected chi connectivity index (χ2v) is 6.38. The number of thioether (sulfide) groups is 1.